The number of halogens is 2. The van der Waals surface area contributed by atoms with Crippen molar-refractivity contribution in [2.75, 3.05) is 7.11 Å². The number of aromatic nitrogens is 1. The van der Waals surface area contributed by atoms with E-state index in [-0.39, 0.29) is 12.8 Å². The molecule has 1 aliphatic carbocycles. The van der Waals surface area contributed by atoms with Gasteiger partial charge in [-0.3, -0.25) is 0 Å². The van der Waals surface area contributed by atoms with Gasteiger partial charge in [0.2, 0.25) is 5.88 Å². The highest BCUT2D eigenvalue weighted by atomic mass is 19.3. The fraction of sp³-hybridized carbons (Fsp3) is 0.611. The molecule has 0 aromatic carbocycles. The molecule has 2 aliphatic rings. The molecule has 0 N–H and O–H groups in total. The van der Waals surface area contributed by atoms with Gasteiger partial charge in [0.1, 0.15) is 0 Å². The van der Waals surface area contributed by atoms with Gasteiger partial charge in [-0.1, -0.05) is 12.1 Å². The van der Waals surface area contributed by atoms with E-state index in [0.29, 0.717) is 11.4 Å². The van der Waals surface area contributed by atoms with Crippen molar-refractivity contribution >= 4 is 7.12 Å². The molecule has 2 heterocycles. The van der Waals surface area contributed by atoms with Crippen LogP contribution in [0.15, 0.2) is 29.9 Å². The number of pyridine rings is 1. The fourth-order valence-corrected chi connectivity index (χ4v) is 3.11. The highest BCUT2D eigenvalue weighted by Crippen LogP contribution is 2.46. The van der Waals surface area contributed by atoms with Gasteiger partial charge in [0.25, 0.3) is 5.92 Å². The van der Waals surface area contributed by atoms with E-state index in [1.165, 1.54) is 13.3 Å². The lowest BCUT2D eigenvalue weighted by atomic mass is 9.68. The van der Waals surface area contributed by atoms with Crippen molar-refractivity contribution in [1.29, 1.82) is 0 Å². The highest BCUT2D eigenvalue weighted by molar-refractivity contribution is 6.54. The van der Waals surface area contributed by atoms with E-state index in [9.17, 15) is 8.78 Å². The molecule has 1 saturated heterocycles. The highest BCUT2D eigenvalue weighted by Gasteiger charge is 2.54. The van der Waals surface area contributed by atoms with Crippen LogP contribution in [0.4, 0.5) is 8.78 Å². The molecule has 136 valence electrons. The first-order valence-corrected chi connectivity index (χ1v) is 8.50. The van der Waals surface area contributed by atoms with Crippen molar-refractivity contribution in [2.45, 2.75) is 63.6 Å². The summed E-state index contributed by atoms with van der Waals surface area (Å²) < 4.78 is 46.1. The van der Waals surface area contributed by atoms with Gasteiger partial charge in [-0.15, -0.1) is 0 Å². The van der Waals surface area contributed by atoms with Crippen molar-refractivity contribution < 1.29 is 22.8 Å². The summed E-state index contributed by atoms with van der Waals surface area (Å²) in [6.45, 7) is 7.82. The monoisotopic (exact) mass is 351 g/mol. The van der Waals surface area contributed by atoms with Gasteiger partial charge in [0, 0.05) is 18.7 Å². The van der Waals surface area contributed by atoms with Gasteiger partial charge in [0.05, 0.1) is 24.2 Å². The van der Waals surface area contributed by atoms with E-state index in [2.05, 4.69) is 4.98 Å². The number of nitrogens with zero attached hydrogens (tertiary/aromatic N) is 1. The van der Waals surface area contributed by atoms with E-state index in [1.54, 1.807) is 18.2 Å². The number of allylic oxidation sites excluding steroid dienone is 2. The molecule has 1 unspecified atom stereocenters. The van der Waals surface area contributed by atoms with Crippen LogP contribution in [0, 0.1) is 0 Å². The van der Waals surface area contributed by atoms with Crippen LogP contribution in [0.1, 0.15) is 52.0 Å². The zero-order chi connectivity index (χ0) is 18.5. The second-order valence-electron chi connectivity index (χ2n) is 7.70. The van der Waals surface area contributed by atoms with E-state index < -0.39 is 30.2 Å². The average Bonchev–Trinajstić information content (AvgIpc) is 2.75. The number of hydrogen-bond donors (Lipinski definition) is 0. The first kappa shape index (κ1) is 18.3. The Morgan fingerprint density at radius 3 is 2.32 bits per heavy atom. The maximum atomic E-state index is 14.5. The van der Waals surface area contributed by atoms with Crippen LogP contribution < -0.4 is 4.74 Å². The first-order chi connectivity index (χ1) is 11.6. The van der Waals surface area contributed by atoms with Crippen LogP contribution >= 0.6 is 0 Å². The van der Waals surface area contributed by atoms with Crippen molar-refractivity contribution in [1.82, 2.24) is 4.98 Å². The molecule has 25 heavy (non-hydrogen) atoms. The minimum absolute atomic E-state index is 0.237. The Kier molecular flexibility index (Phi) is 4.44. The number of rotatable bonds is 3. The lowest BCUT2D eigenvalue weighted by Gasteiger charge is -2.32. The Bertz CT molecular complexity index is 657. The molecular weight excluding hydrogens is 327 g/mol. The standard InChI is InChI=1S/C18H24BF2NO3/c1-16(2)17(3,4)25-19(24-16)13-8-9-18(20,21)14(10-13)12-6-7-15(23-5)22-11-12/h6-7,10-11,14H,8-9H2,1-5H3. The Morgan fingerprint density at radius 1 is 1.16 bits per heavy atom. The average molecular weight is 351 g/mol. The minimum atomic E-state index is -2.83. The molecule has 0 saturated carbocycles. The molecule has 0 radical (unpaired) electrons. The van der Waals surface area contributed by atoms with Crippen LogP contribution in [0.25, 0.3) is 0 Å². The van der Waals surface area contributed by atoms with Gasteiger partial charge in [-0.05, 0) is 45.2 Å². The molecule has 4 nitrogen and oxygen atoms in total. The maximum absolute atomic E-state index is 14.5. The summed E-state index contributed by atoms with van der Waals surface area (Å²) in [5.41, 5.74) is 0.246. The summed E-state index contributed by atoms with van der Waals surface area (Å²) in [7, 11) is 0.905. The third-order valence-electron chi connectivity index (χ3n) is 5.47. The van der Waals surface area contributed by atoms with Gasteiger partial charge in [-0.2, -0.15) is 0 Å². The number of alkyl halides is 2. The van der Waals surface area contributed by atoms with Crippen LogP contribution in [0.5, 0.6) is 5.88 Å². The van der Waals surface area contributed by atoms with Crippen molar-refractivity contribution in [3.8, 4) is 5.88 Å². The largest absolute Gasteiger partial charge is 0.490 e. The Balaban J connectivity index is 1.90. The molecule has 1 atom stereocenters. The third kappa shape index (κ3) is 3.32. The van der Waals surface area contributed by atoms with Gasteiger partial charge in [0.15, 0.2) is 0 Å². The summed E-state index contributed by atoms with van der Waals surface area (Å²) in [6, 6.07) is 3.23. The molecule has 3 rings (SSSR count). The first-order valence-electron chi connectivity index (χ1n) is 8.50. The zero-order valence-corrected chi connectivity index (χ0v) is 15.3. The lowest BCUT2D eigenvalue weighted by Crippen LogP contribution is -2.41. The predicted molar refractivity (Wildman–Crippen MR) is 91.9 cm³/mol. The molecule has 1 fully saturated rings. The van der Waals surface area contributed by atoms with Crippen LogP contribution in [-0.4, -0.2) is 36.3 Å². The zero-order valence-electron chi connectivity index (χ0n) is 15.3. The third-order valence-corrected chi connectivity index (χ3v) is 5.47. The van der Waals surface area contributed by atoms with Crippen LogP contribution in [0.2, 0.25) is 0 Å². The van der Waals surface area contributed by atoms with Crippen LogP contribution in [-0.2, 0) is 9.31 Å². The van der Waals surface area contributed by atoms with E-state index in [4.69, 9.17) is 14.0 Å². The smallest absolute Gasteiger partial charge is 0.481 e. The number of ether oxygens (including phenoxy) is 1. The Hall–Kier alpha value is -1.47. The molecule has 1 aromatic heterocycles. The summed E-state index contributed by atoms with van der Waals surface area (Å²) in [6.07, 6.45) is 3.06. The molecule has 7 heteroatoms. The van der Waals surface area contributed by atoms with Crippen molar-refractivity contribution in [3.63, 3.8) is 0 Å². The normalized spacial score (nSPS) is 27.1. The molecular formula is C18H24BF2NO3. The van der Waals surface area contributed by atoms with E-state index >= 15 is 0 Å². The Morgan fingerprint density at radius 2 is 1.80 bits per heavy atom. The van der Waals surface area contributed by atoms with Gasteiger partial charge in [-0.25, -0.2) is 13.8 Å². The second kappa shape index (κ2) is 6.06. The van der Waals surface area contributed by atoms with Gasteiger partial charge < -0.3 is 14.0 Å². The maximum Gasteiger partial charge on any atom is 0.490 e. The van der Waals surface area contributed by atoms with Crippen molar-refractivity contribution in [3.05, 3.63) is 35.4 Å². The number of methoxy groups -OCH3 is 1. The molecule has 1 aliphatic heterocycles. The minimum Gasteiger partial charge on any atom is -0.481 e. The Labute approximate surface area is 147 Å². The number of hydrogen-bond acceptors (Lipinski definition) is 4. The molecule has 1 aromatic rings. The summed E-state index contributed by atoms with van der Waals surface area (Å²) in [4.78, 5) is 4.06. The molecule has 0 bridgehead atoms. The van der Waals surface area contributed by atoms with Gasteiger partial charge >= 0.3 is 7.12 Å². The topological polar surface area (TPSA) is 40.6 Å². The van der Waals surface area contributed by atoms with Crippen LogP contribution in [0.3, 0.4) is 0 Å². The summed E-state index contributed by atoms with van der Waals surface area (Å²) in [5, 5.41) is 0. The van der Waals surface area contributed by atoms with E-state index in [0.717, 1.165) is 5.47 Å². The molecule has 0 spiro atoms. The van der Waals surface area contributed by atoms with Crippen molar-refractivity contribution in [2.24, 2.45) is 0 Å². The fourth-order valence-electron chi connectivity index (χ4n) is 3.11. The lowest BCUT2D eigenvalue weighted by molar-refractivity contribution is -0.0263. The second-order valence-corrected chi connectivity index (χ2v) is 7.70. The molecule has 0 amide bonds. The SMILES string of the molecule is COc1ccc(C2C=C(B3OC(C)(C)C(C)(C)O3)CCC2(F)F)cn1. The summed E-state index contributed by atoms with van der Waals surface area (Å²) in [5.74, 6) is -3.48. The van der Waals surface area contributed by atoms with E-state index in [1.807, 2.05) is 27.7 Å². The summed E-state index contributed by atoms with van der Waals surface area (Å²) >= 11 is 0. The predicted octanol–water partition coefficient (Wildman–Crippen LogP) is 4.16. The quantitative estimate of drug-likeness (QED) is 0.767.